The predicted octanol–water partition coefficient (Wildman–Crippen LogP) is 2.00. The average molecular weight is 297 g/mol. The molecule has 6 heteroatoms. The number of rotatable bonds is 3. The van der Waals surface area contributed by atoms with Gasteiger partial charge in [-0.15, -0.1) is 0 Å². The summed E-state index contributed by atoms with van der Waals surface area (Å²) < 4.78 is 2.67. The quantitative estimate of drug-likeness (QED) is 0.910. The molecule has 0 aliphatic heterocycles. The Bertz CT molecular complexity index is 518. The van der Waals surface area contributed by atoms with E-state index in [1.807, 2.05) is 20.2 Å². The Hall–Kier alpha value is -1.56. The monoisotopic (exact) mass is 296 g/mol. The van der Waals surface area contributed by atoms with E-state index in [2.05, 4.69) is 31.4 Å². The van der Waals surface area contributed by atoms with Crippen LogP contribution < -0.4 is 5.32 Å². The summed E-state index contributed by atoms with van der Waals surface area (Å²) in [6.45, 7) is 1.92. The van der Waals surface area contributed by atoms with Gasteiger partial charge in [-0.25, -0.2) is 0 Å². The fraction of sp³-hybridized carbons (Fsp3) is 0.273. The van der Waals surface area contributed by atoms with Gasteiger partial charge in [-0.3, -0.25) is 9.89 Å². The second-order valence-corrected chi connectivity index (χ2v) is 4.80. The molecule has 2 rings (SSSR count). The number of carbonyl (C=O) groups excluding carboxylic acids is 1. The Morgan fingerprint density at radius 2 is 2.41 bits per heavy atom. The number of H-pyrrole nitrogens is 1. The van der Waals surface area contributed by atoms with Gasteiger partial charge in [0.05, 0.1) is 12.2 Å². The van der Waals surface area contributed by atoms with Crippen molar-refractivity contribution in [2.45, 2.75) is 13.0 Å². The maximum atomic E-state index is 12.0. The molecule has 0 bridgehead atoms. The summed E-state index contributed by atoms with van der Waals surface area (Å²) >= 11 is 3.34. The molecule has 5 nitrogen and oxygen atoms in total. The SMILES string of the molecule is CC(NC(=O)c1cc(Br)cn1C)c1cn[nH]c1. The minimum absolute atomic E-state index is 0.0741. The third-order valence-corrected chi connectivity index (χ3v) is 3.00. The summed E-state index contributed by atoms with van der Waals surface area (Å²) in [6.07, 6.45) is 5.31. The average Bonchev–Trinajstić information content (AvgIpc) is 2.87. The van der Waals surface area contributed by atoms with Crippen molar-refractivity contribution in [3.63, 3.8) is 0 Å². The number of nitrogens with zero attached hydrogens (tertiary/aromatic N) is 2. The van der Waals surface area contributed by atoms with Gasteiger partial charge in [-0.2, -0.15) is 5.10 Å². The van der Waals surface area contributed by atoms with E-state index >= 15 is 0 Å². The smallest absolute Gasteiger partial charge is 0.268 e. The molecular formula is C11H13BrN4O. The molecule has 0 aliphatic carbocycles. The molecular weight excluding hydrogens is 284 g/mol. The van der Waals surface area contributed by atoms with E-state index < -0.39 is 0 Å². The first-order valence-corrected chi connectivity index (χ1v) is 5.98. The molecule has 2 N–H and O–H groups in total. The van der Waals surface area contributed by atoms with Gasteiger partial charge in [0.2, 0.25) is 0 Å². The van der Waals surface area contributed by atoms with Gasteiger partial charge in [0, 0.05) is 29.5 Å². The standard InChI is InChI=1S/C11H13BrN4O/c1-7(8-4-13-14-5-8)15-11(17)10-3-9(12)6-16(10)2/h3-7H,1-2H3,(H,13,14)(H,15,17). The van der Waals surface area contributed by atoms with E-state index in [1.54, 1.807) is 23.0 Å². The van der Waals surface area contributed by atoms with Crippen LogP contribution in [0.1, 0.15) is 29.0 Å². The Labute approximate surface area is 107 Å². The van der Waals surface area contributed by atoms with E-state index in [4.69, 9.17) is 0 Å². The highest BCUT2D eigenvalue weighted by Crippen LogP contribution is 2.15. The van der Waals surface area contributed by atoms with Gasteiger partial charge in [-0.05, 0) is 28.9 Å². The lowest BCUT2D eigenvalue weighted by Crippen LogP contribution is -2.27. The lowest BCUT2D eigenvalue weighted by molar-refractivity contribution is 0.0931. The molecule has 0 saturated carbocycles. The van der Waals surface area contributed by atoms with Crippen LogP contribution in [-0.4, -0.2) is 20.7 Å². The summed E-state index contributed by atoms with van der Waals surface area (Å²) in [5, 5.41) is 9.49. The molecule has 0 spiro atoms. The van der Waals surface area contributed by atoms with Crippen molar-refractivity contribution in [3.8, 4) is 0 Å². The molecule has 0 radical (unpaired) electrons. The molecule has 0 aliphatic rings. The van der Waals surface area contributed by atoms with Crippen LogP contribution in [0, 0.1) is 0 Å². The lowest BCUT2D eigenvalue weighted by Gasteiger charge is -2.12. The van der Waals surface area contributed by atoms with Crippen LogP contribution >= 0.6 is 15.9 Å². The fourth-order valence-corrected chi connectivity index (χ4v) is 2.13. The normalized spacial score (nSPS) is 12.4. The van der Waals surface area contributed by atoms with E-state index in [0.717, 1.165) is 10.0 Å². The molecule has 1 unspecified atom stereocenters. The number of halogens is 1. The molecule has 1 amide bonds. The Morgan fingerprint density at radius 1 is 1.65 bits per heavy atom. The summed E-state index contributed by atoms with van der Waals surface area (Å²) in [5.74, 6) is -0.105. The van der Waals surface area contributed by atoms with Gasteiger partial charge in [0.25, 0.3) is 5.91 Å². The van der Waals surface area contributed by atoms with Crippen molar-refractivity contribution >= 4 is 21.8 Å². The van der Waals surface area contributed by atoms with Gasteiger partial charge in [0.1, 0.15) is 5.69 Å². The molecule has 2 aromatic rings. The molecule has 90 valence electrons. The molecule has 2 heterocycles. The number of hydrogen-bond acceptors (Lipinski definition) is 2. The van der Waals surface area contributed by atoms with Crippen LogP contribution in [0.2, 0.25) is 0 Å². The topological polar surface area (TPSA) is 62.7 Å². The third kappa shape index (κ3) is 2.58. The highest BCUT2D eigenvalue weighted by atomic mass is 79.9. The number of carbonyl (C=O) groups is 1. The van der Waals surface area contributed by atoms with E-state index in [-0.39, 0.29) is 11.9 Å². The van der Waals surface area contributed by atoms with Crippen LogP contribution in [0.4, 0.5) is 0 Å². The number of aromatic nitrogens is 3. The lowest BCUT2D eigenvalue weighted by atomic mass is 10.2. The fourth-order valence-electron chi connectivity index (χ4n) is 1.60. The Balaban J connectivity index is 2.09. The predicted molar refractivity (Wildman–Crippen MR) is 67.6 cm³/mol. The number of aromatic amines is 1. The largest absolute Gasteiger partial charge is 0.345 e. The molecule has 0 fully saturated rings. The third-order valence-electron chi connectivity index (χ3n) is 2.57. The van der Waals surface area contributed by atoms with Crippen LogP contribution in [0.25, 0.3) is 0 Å². The van der Waals surface area contributed by atoms with Crippen molar-refractivity contribution < 1.29 is 4.79 Å². The summed E-state index contributed by atoms with van der Waals surface area (Å²) in [5.41, 5.74) is 1.57. The Kier molecular flexibility index (Phi) is 3.33. The summed E-state index contributed by atoms with van der Waals surface area (Å²) in [6, 6.07) is 1.71. The van der Waals surface area contributed by atoms with E-state index in [9.17, 15) is 4.79 Å². The highest BCUT2D eigenvalue weighted by Gasteiger charge is 2.15. The minimum Gasteiger partial charge on any atom is -0.345 e. The minimum atomic E-state index is -0.105. The number of hydrogen-bond donors (Lipinski definition) is 2. The van der Waals surface area contributed by atoms with Crippen molar-refractivity contribution in [3.05, 3.63) is 40.4 Å². The highest BCUT2D eigenvalue weighted by molar-refractivity contribution is 9.10. The summed E-state index contributed by atoms with van der Waals surface area (Å²) in [7, 11) is 1.84. The number of aryl methyl sites for hydroxylation is 1. The van der Waals surface area contributed by atoms with Gasteiger partial charge >= 0.3 is 0 Å². The van der Waals surface area contributed by atoms with E-state index in [1.165, 1.54) is 0 Å². The first-order chi connectivity index (χ1) is 8.08. The zero-order chi connectivity index (χ0) is 12.4. The molecule has 17 heavy (non-hydrogen) atoms. The van der Waals surface area contributed by atoms with Gasteiger partial charge in [0.15, 0.2) is 0 Å². The molecule has 2 aromatic heterocycles. The maximum Gasteiger partial charge on any atom is 0.268 e. The van der Waals surface area contributed by atoms with Crippen molar-refractivity contribution in [2.24, 2.45) is 7.05 Å². The van der Waals surface area contributed by atoms with Crippen LogP contribution in [0.5, 0.6) is 0 Å². The first kappa shape index (κ1) is 11.9. The van der Waals surface area contributed by atoms with Crippen LogP contribution in [0.3, 0.4) is 0 Å². The number of nitrogens with one attached hydrogen (secondary N) is 2. The van der Waals surface area contributed by atoms with E-state index in [0.29, 0.717) is 5.69 Å². The second-order valence-electron chi connectivity index (χ2n) is 3.88. The van der Waals surface area contributed by atoms with Crippen LogP contribution in [0.15, 0.2) is 29.1 Å². The molecule has 0 saturated heterocycles. The zero-order valence-electron chi connectivity index (χ0n) is 9.57. The van der Waals surface area contributed by atoms with Gasteiger partial charge in [-0.1, -0.05) is 0 Å². The maximum absolute atomic E-state index is 12.0. The zero-order valence-corrected chi connectivity index (χ0v) is 11.2. The van der Waals surface area contributed by atoms with Crippen molar-refractivity contribution in [1.82, 2.24) is 20.1 Å². The second kappa shape index (κ2) is 4.75. The van der Waals surface area contributed by atoms with Crippen molar-refractivity contribution in [1.29, 1.82) is 0 Å². The van der Waals surface area contributed by atoms with Crippen LogP contribution in [-0.2, 0) is 7.05 Å². The number of amides is 1. The Morgan fingerprint density at radius 3 is 2.94 bits per heavy atom. The van der Waals surface area contributed by atoms with Crippen molar-refractivity contribution in [2.75, 3.05) is 0 Å². The molecule has 0 aromatic carbocycles. The first-order valence-electron chi connectivity index (χ1n) is 5.19. The summed E-state index contributed by atoms with van der Waals surface area (Å²) in [4.78, 5) is 12.0. The molecule has 1 atom stereocenters. The van der Waals surface area contributed by atoms with Gasteiger partial charge < -0.3 is 9.88 Å².